The number of allylic oxidation sites excluding steroid dienone is 1. The van der Waals surface area contributed by atoms with Crippen molar-refractivity contribution >= 4 is 21.1 Å². The molecule has 0 bridgehead atoms. The molecule has 0 aromatic rings. The van der Waals surface area contributed by atoms with Crippen molar-refractivity contribution < 1.29 is 0 Å². The van der Waals surface area contributed by atoms with Crippen molar-refractivity contribution in [1.29, 1.82) is 0 Å². The molecule has 100 valence electrons. The topological polar surface area (TPSA) is 0 Å². The summed E-state index contributed by atoms with van der Waals surface area (Å²) in [6.07, 6.45) is 15.3. The number of hydrogen-bond acceptors (Lipinski definition) is 0. The standard InChI is InChI=1S/C13H27.C3H5.Sn/c1-4-7-10-13(11-8-5-2)12-9-6-3;1-3-2;/h4-12H2,1-3H3;1,3H,2H3;. The van der Waals surface area contributed by atoms with Crippen molar-refractivity contribution in [3.63, 3.8) is 0 Å². The molecule has 0 amide bonds. The quantitative estimate of drug-likeness (QED) is 0.407. The van der Waals surface area contributed by atoms with Crippen LogP contribution in [0.15, 0.2) is 10.2 Å². The summed E-state index contributed by atoms with van der Waals surface area (Å²) >= 11 is -0.321. The Bertz CT molecular complexity index is 162. The van der Waals surface area contributed by atoms with Crippen molar-refractivity contribution in [2.75, 3.05) is 0 Å². The molecule has 0 fully saturated rings. The van der Waals surface area contributed by atoms with Gasteiger partial charge in [0.25, 0.3) is 0 Å². The summed E-state index contributed by atoms with van der Waals surface area (Å²) in [5.41, 5.74) is 0. The van der Waals surface area contributed by atoms with Gasteiger partial charge < -0.3 is 0 Å². The fourth-order valence-corrected chi connectivity index (χ4v) is 6.63. The van der Waals surface area contributed by atoms with Crippen LogP contribution in [0.2, 0.25) is 3.43 Å². The van der Waals surface area contributed by atoms with Crippen molar-refractivity contribution in [1.82, 2.24) is 0 Å². The van der Waals surface area contributed by atoms with Crippen LogP contribution < -0.4 is 0 Å². The Morgan fingerprint density at radius 3 is 1.53 bits per heavy atom. The molecule has 0 aromatic heterocycles. The third kappa shape index (κ3) is 8.29. The van der Waals surface area contributed by atoms with E-state index in [9.17, 15) is 0 Å². The Hall–Kier alpha value is 0.539. The molecule has 0 aliphatic carbocycles. The summed E-state index contributed by atoms with van der Waals surface area (Å²) in [5.74, 6) is 0. The first-order valence-electron chi connectivity index (χ1n) is 7.63. The van der Waals surface area contributed by atoms with Crippen LogP contribution in [0.25, 0.3) is 0 Å². The maximum absolute atomic E-state index is 2.57. The van der Waals surface area contributed by atoms with Crippen LogP contribution in [0.4, 0.5) is 0 Å². The van der Waals surface area contributed by atoms with E-state index in [1.807, 2.05) is 0 Å². The van der Waals surface area contributed by atoms with Gasteiger partial charge in [0.15, 0.2) is 0 Å². The molecule has 17 heavy (non-hydrogen) atoms. The number of unbranched alkanes of at least 4 members (excludes halogenated alkanes) is 3. The molecular formula is C16H32Sn. The van der Waals surface area contributed by atoms with Crippen molar-refractivity contribution in [3.05, 3.63) is 10.2 Å². The van der Waals surface area contributed by atoms with Crippen LogP contribution >= 0.6 is 0 Å². The fourth-order valence-electron chi connectivity index (χ4n) is 2.40. The molecule has 0 saturated heterocycles. The Labute approximate surface area is 120 Å². The summed E-state index contributed by atoms with van der Waals surface area (Å²) < 4.78 is 3.36. The fraction of sp³-hybridized carbons (Fsp3) is 0.875. The van der Waals surface area contributed by atoms with Gasteiger partial charge >= 0.3 is 120 Å². The van der Waals surface area contributed by atoms with E-state index in [1.165, 1.54) is 57.8 Å². The van der Waals surface area contributed by atoms with Crippen molar-refractivity contribution in [3.8, 4) is 0 Å². The van der Waals surface area contributed by atoms with E-state index in [2.05, 4.69) is 37.9 Å². The maximum atomic E-state index is 2.57. The average molecular weight is 343 g/mol. The third-order valence-corrected chi connectivity index (χ3v) is 8.90. The second kappa shape index (κ2) is 11.6. The Morgan fingerprint density at radius 2 is 1.24 bits per heavy atom. The van der Waals surface area contributed by atoms with E-state index in [1.54, 1.807) is 0 Å². The van der Waals surface area contributed by atoms with Crippen LogP contribution in [0.3, 0.4) is 0 Å². The van der Waals surface area contributed by atoms with E-state index in [-0.39, 0.29) is 21.1 Å². The first-order valence-corrected chi connectivity index (χ1v) is 10.7. The first-order chi connectivity index (χ1) is 8.24. The van der Waals surface area contributed by atoms with E-state index in [0.717, 1.165) is 3.43 Å². The molecule has 1 heteroatoms. The van der Waals surface area contributed by atoms with E-state index < -0.39 is 0 Å². The Morgan fingerprint density at radius 1 is 0.824 bits per heavy atom. The molecule has 0 saturated carbocycles. The molecular weight excluding hydrogens is 311 g/mol. The average Bonchev–Trinajstić information content (AvgIpc) is 2.37. The first kappa shape index (κ1) is 17.5. The normalized spacial score (nSPS) is 12.5. The zero-order valence-corrected chi connectivity index (χ0v) is 15.4. The van der Waals surface area contributed by atoms with Crippen molar-refractivity contribution in [2.24, 2.45) is 0 Å². The van der Waals surface area contributed by atoms with Gasteiger partial charge in [-0.3, -0.25) is 0 Å². The molecule has 0 aliphatic heterocycles. The minimum atomic E-state index is -0.321. The second-order valence-electron chi connectivity index (χ2n) is 5.24. The molecule has 0 aromatic carbocycles. The van der Waals surface area contributed by atoms with Gasteiger partial charge in [-0.25, -0.2) is 0 Å². The second-order valence-corrected chi connectivity index (χ2v) is 10.0. The van der Waals surface area contributed by atoms with Crippen LogP contribution in [0.5, 0.6) is 0 Å². The third-order valence-electron chi connectivity index (χ3n) is 3.58. The van der Waals surface area contributed by atoms with Gasteiger partial charge in [0.2, 0.25) is 0 Å². The van der Waals surface area contributed by atoms with Gasteiger partial charge in [-0.1, -0.05) is 0 Å². The molecule has 0 spiro atoms. The van der Waals surface area contributed by atoms with Crippen LogP contribution in [-0.2, 0) is 0 Å². The molecule has 0 rings (SSSR count). The zero-order chi connectivity index (χ0) is 13.0. The minimum absolute atomic E-state index is 0.321. The summed E-state index contributed by atoms with van der Waals surface area (Å²) in [4.78, 5) is 0. The van der Waals surface area contributed by atoms with E-state index >= 15 is 0 Å². The van der Waals surface area contributed by atoms with Crippen LogP contribution in [0, 0.1) is 0 Å². The van der Waals surface area contributed by atoms with Gasteiger partial charge in [-0.2, -0.15) is 0 Å². The predicted octanol–water partition coefficient (Wildman–Crippen LogP) is 5.95. The van der Waals surface area contributed by atoms with Crippen molar-refractivity contribution in [2.45, 2.75) is 88.9 Å². The number of hydrogen-bond donors (Lipinski definition) is 0. The molecule has 0 N–H and O–H groups in total. The summed E-state index contributed by atoms with van der Waals surface area (Å²) in [5, 5.41) is 0. The molecule has 0 atom stereocenters. The van der Waals surface area contributed by atoms with Gasteiger partial charge in [0.1, 0.15) is 0 Å². The summed E-state index contributed by atoms with van der Waals surface area (Å²) in [6, 6.07) is 0. The number of rotatable bonds is 11. The molecule has 0 aliphatic rings. The van der Waals surface area contributed by atoms with Crippen LogP contribution in [0.1, 0.15) is 85.5 Å². The monoisotopic (exact) mass is 344 g/mol. The van der Waals surface area contributed by atoms with Crippen LogP contribution in [-0.4, -0.2) is 21.1 Å². The van der Waals surface area contributed by atoms with Gasteiger partial charge in [-0.15, -0.1) is 0 Å². The summed E-state index contributed by atoms with van der Waals surface area (Å²) in [7, 11) is 0. The van der Waals surface area contributed by atoms with E-state index in [0.29, 0.717) is 0 Å². The molecule has 0 nitrogen and oxygen atoms in total. The Balaban J connectivity index is 4.50. The molecule has 2 radical (unpaired) electrons. The van der Waals surface area contributed by atoms with Gasteiger partial charge in [-0.05, 0) is 0 Å². The summed E-state index contributed by atoms with van der Waals surface area (Å²) in [6.45, 7) is 9.21. The Kier molecular flexibility index (Phi) is 12.0. The molecule has 0 unspecified atom stereocenters. The van der Waals surface area contributed by atoms with Gasteiger partial charge in [0, 0.05) is 0 Å². The molecule has 0 heterocycles. The van der Waals surface area contributed by atoms with E-state index in [4.69, 9.17) is 0 Å². The zero-order valence-electron chi connectivity index (χ0n) is 12.5. The SMILES string of the molecule is CC=[CH][Sn][C](CCCC)(CCCC)CCCC. The predicted molar refractivity (Wildman–Crippen MR) is 81.8 cm³/mol. The van der Waals surface area contributed by atoms with Gasteiger partial charge in [0.05, 0.1) is 0 Å².